The molecule has 33 heavy (non-hydrogen) atoms. The molecule has 3 heterocycles. The van der Waals surface area contributed by atoms with Crippen LogP contribution in [0, 0.1) is 11.3 Å². The topological polar surface area (TPSA) is 131 Å². The highest BCUT2D eigenvalue weighted by Gasteiger charge is 2.28. The van der Waals surface area contributed by atoms with Crippen LogP contribution < -0.4 is 10.6 Å². The van der Waals surface area contributed by atoms with Crippen molar-refractivity contribution in [3.63, 3.8) is 0 Å². The minimum atomic E-state index is -0.594. The molecule has 1 aliphatic carbocycles. The van der Waals surface area contributed by atoms with Crippen molar-refractivity contribution in [2.45, 2.75) is 62.4 Å². The summed E-state index contributed by atoms with van der Waals surface area (Å²) < 4.78 is 13.3. The number of amides is 2. The maximum atomic E-state index is 12.8. The summed E-state index contributed by atoms with van der Waals surface area (Å²) in [7, 11) is 0. The summed E-state index contributed by atoms with van der Waals surface area (Å²) in [6.07, 6.45) is 5.42. The van der Waals surface area contributed by atoms with Gasteiger partial charge in [-0.15, -0.1) is 10.2 Å². The van der Waals surface area contributed by atoms with Gasteiger partial charge in [-0.1, -0.05) is 23.1 Å². The van der Waals surface area contributed by atoms with Crippen molar-refractivity contribution in [2.75, 3.05) is 29.6 Å². The summed E-state index contributed by atoms with van der Waals surface area (Å²) in [4.78, 5) is 24.3. The van der Waals surface area contributed by atoms with Crippen molar-refractivity contribution in [1.82, 2.24) is 14.8 Å². The van der Waals surface area contributed by atoms with E-state index in [9.17, 15) is 14.9 Å². The minimum Gasteiger partial charge on any atom is -0.450 e. The Hall–Kier alpha value is -2.62. The summed E-state index contributed by atoms with van der Waals surface area (Å²) in [6, 6.07) is 2.32. The normalized spacial score (nSPS) is 17.3. The third-order valence-electron chi connectivity index (χ3n) is 5.57. The number of aromatic nitrogens is 3. The number of nitrogens with one attached hydrogen (secondary N) is 2. The molecule has 2 aliphatic rings. The number of carbonyl (C=O) groups excluding carboxylic acids is 2. The zero-order chi connectivity index (χ0) is 23.2. The molecule has 0 aromatic carbocycles. The first-order valence-electron chi connectivity index (χ1n) is 11.0. The van der Waals surface area contributed by atoms with E-state index in [1.54, 1.807) is 6.92 Å². The van der Waals surface area contributed by atoms with Crippen LogP contribution in [0.4, 0.5) is 15.7 Å². The van der Waals surface area contributed by atoms with Crippen LogP contribution >= 0.6 is 23.1 Å². The fourth-order valence-corrected chi connectivity index (χ4v) is 5.72. The molecule has 2 amide bonds. The highest BCUT2D eigenvalue weighted by Crippen LogP contribution is 2.34. The van der Waals surface area contributed by atoms with Crippen LogP contribution in [0.5, 0.6) is 0 Å². The number of nitrogens with zero attached hydrogens (tertiary/aromatic N) is 4. The highest BCUT2D eigenvalue weighted by molar-refractivity contribution is 8.01. The second-order valence-corrected chi connectivity index (χ2v) is 9.97. The van der Waals surface area contributed by atoms with Gasteiger partial charge in [0.1, 0.15) is 11.9 Å². The van der Waals surface area contributed by atoms with Crippen LogP contribution in [0.2, 0.25) is 0 Å². The van der Waals surface area contributed by atoms with Crippen LogP contribution in [0.25, 0.3) is 0 Å². The molecule has 10 nitrogen and oxygen atoms in total. The minimum absolute atomic E-state index is 0.103. The summed E-state index contributed by atoms with van der Waals surface area (Å²) in [5, 5.41) is 23.5. The Bertz CT molecular complexity index is 1050. The maximum absolute atomic E-state index is 12.8. The molecular formula is C21H26N6O4S2. The number of nitriles is 1. The molecule has 2 aromatic heterocycles. The van der Waals surface area contributed by atoms with Crippen LogP contribution in [0.1, 0.15) is 49.4 Å². The van der Waals surface area contributed by atoms with Crippen molar-refractivity contribution >= 4 is 46.0 Å². The highest BCUT2D eigenvalue weighted by atomic mass is 32.2. The molecule has 1 atom stereocenters. The van der Waals surface area contributed by atoms with Gasteiger partial charge in [0, 0.05) is 12.3 Å². The number of thioether (sulfide) groups is 1. The van der Waals surface area contributed by atoms with Crippen molar-refractivity contribution in [3.8, 4) is 6.07 Å². The van der Waals surface area contributed by atoms with E-state index in [1.807, 2.05) is 0 Å². The van der Waals surface area contributed by atoms with Crippen LogP contribution in [-0.4, -0.2) is 51.8 Å². The summed E-state index contributed by atoms with van der Waals surface area (Å²) in [5.41, 5.74) is 2.77. The Morgan fingerprint density at radius 2 is 2.15 bits per heavy atom. The van der Waals surface area contributed by atoms with Crippen molar-refractivity contribution in [2.24, 2.45) is 0 Å². The predicted octanol–water partition coefficient (Wildman–Crippen LogP) is 3.57. The molecule has 1 fully saturated rings. The van der Waals surface area contributed by atoms with Gasteiger partial charge in [0.05, 0.1) is 30.6 Å². The lowest BCUT2D eigenvalue weighted by atomic mass is 9.95. The van der Waals surface area contributed by atoms with E-state index in [1.165, 1.54) is 11.8 Å². The van der Waals surface area contributed by atoms with Gasteiger partial charge in [0.25, 0.3) is 0 Å². The first-order valence-corrected chi connectivity index (χ1v) is 12.8. The van der Waals surface area contributed by atoms with Gasteiger partial charge < -0.3 is 19.4 Å². The van der Waals surface area contributed by atoms with E-state index in [0.717, 1.165) is 67.7 Å². The average Bonchev–Trinajstić information content (AvgIpc) is 3.54. The van der Waals surface area contributed by atoms with Gasteiger partial charge in [-0.05, 0) is 51.0 Å². The standard InChI is InChI=1S/C21H26N6O4S2/c1-2-30-20(29)24-19-25-26-21(33-19)32-12-17(28)23-18-15(10-22)14-7-3-4-8-16(14)27(18)11-13-6-5-9-31-13/h13H,2-9,11-12H2,1H3,(H,23,28)(H,24,25,29). The fourth-order valence-electron chi connectivity index (χ4n) is 4.18. The molecule has 2 N–H and O–H groups in total. The smallest absolute Gasteiger partial charge is 0.413 e. The van der Waals surface area contributed by atoms with Gasteiger partial charge in [-0.2, -0.15) is 5.26 Å². The second kappa shape index (κ2) is 11.0. The van der Waals surface area contributed by atoms with Gasteiger partial charge in [-0.3, -0.25) is 10.1 Å². The Balaban J connectivity index is 1.44. The second-order valence-electron chi connectivity index (χ2n) is 7.77. The molecule has 1 saturated heterocycles. The van der Waals surface area contributed by atoms with Crippen LogP contribution in [0.15, 0.2) is 4.34 Å². The third kappa shape index (κ3) is 5.66. The van der Waals surface area contributed by atoms with Crippen LogP contribution in [0.3, 0.4) is 0 Å². The average molecular weight is 491 g/mol. The molecule has 1 aliphatic heterocycles. The number of fused-ring (bicyclic) bond motifs is 1. The Labute approximate surface area is 200 Å². The van der Waals surface area contributed by atoms with Crippen LogP contribution in [-0.2, 0) is 33.7 Å². The summed E-state index contributed by atoms with van der Waals surface area (Å²) in [5.74, 6) is 0.455. The zero-order valence-electron chi connectivity index (χ0n) is 18.4. The summed E-state index contributed by atoms with van der Waals surface area (Å²) >= 11 is 2.38. The number of anilines is 2. The van der Waals surface area contributed by atoms with E-state index in [-0.39, 0.29) is 24.4 Å². The van der Waals surface area contributed by atoms with E-state index in [2.05, 4.69) is 31.5 Å². The molecular weight excluding hydrogens is 464 g/mol. The lowest BCUT2D eigenvalue weighted by Crippen LogP contribution is -2.23. The SMILES string of the molecule is CCOC(=O)Nc1nnc(SCC(=O)Nc2c(C#N)c3c(n2CC2CCCO2)CCCC3)s1. The monoisotopic (exact) mass is 490 g/mol. The number of carbonyl (C=O) groups is 2. The number of ether oxygens (including phenoxy) is 2. The quantitative estimate of drug-likeness (QED) is 0.424. The zero-order valence-corrected chi connectivity index (χ0v) is 20.0. The first-order chi connectivity index (χ1) is 16.1. The van der Waals surface area contributed by atoms with E-state index < -0.39 is 6.09 Å². The van der Waals surface area contributed by atoms with E-state index >= 15 is 0 Å². The molecule has 0 saturated carbocycles. The van der Waals surface area contributed by atoms with Gasteiger partial charge in [-0.25, -0.2) is 4.79 Å². The van der Waals surface area contributed by atoms with Gasteiger partial charge >= 0.3 is 6.09 Å². The van der Waals surface area contributed by atoms with Gasteiger partial charge in [0.15, 0.2) is 4.34 Å². The van der Waals surface area contributed by atoms with Crippen molar-refractivity contribution in [3.05, 3.63) is 16.8 Å². The Morgan fingerprint density at radius 1 is 1.30 bits per heavy atom. The van der Waals surface area contributed by atoms with Crippen molar-refractivity contribution in [1.29, 1.82) is 5.26 Å². The summed E-state index contributed by atoms with van der Waals surface area (Å²) in [6.45, 7) is 3.37. The van der Waals surface area contributed by atoms with E-state index in [0.29, 0.717) is 27.4 Å². The van der Waals surface area contributed by atoms with Crippen molar-refractivity contribution < 1.29 is 19.1 Å². The first kappa shape index (κ1) is 23.5. The lowest BCUT2D eigenvalue weighted by molar-refractivity contribution is -0.113. The Kier molecular flexibility index (Phi) is 7.85. The maximum Gasteiger partial charge on any atom is 0.413 e. The number of rotatable bonds is 8. The molecule has 0 radical (unpaired) electrons. The molecule has 12 heteroatoms. The van der Waals surface area contributed by atoms with E-state index in [4.69, 9.17) is 9.47 Å². The molecule has 0 bridgehead atoms. The molecule has 0 spiro atoms. The van der Waals surface area contributed by atoms with Gasteiger partial charge in [0.2, 0.25) is 11.0 Å². The molecule has 2 aromatic rings. The number of hydrogen-bond acceptors (Lipinski definition) is 9. The predicted molar refractivity (Wildman–Crippen MR) is 125 cm³/mol. The molecule has 1 unspecified atom stereocenters. The fraction of sp³-hybridized carbons (Fsp3) is 0.571. The third-order valence-corrected chi connectivity index (χ3v) is 7.54. The lowest BCUT2D eigenvalue weighted by Gasteiger charge is -2.19. The largest absolute Gasteiger partial charge is 0.450 e. The number of hydrogen-bond donors (Lipinski definition) is 2. The Morgan fingerprint density at radius 3 is 2.91 bits per heavy atom. The molecule has 176 valence electrons. The molecule has 4 rings (SSSR count).